The SMILES string of the molecule is CC#CC1(OC(C)COCC(C)C)CCCCC1. The number of ether oxygens (including phenoxy) is 2. The van der Waals surface area contributed by atoms with Crippen LogP contribution in [0.3, 0.4) is 0 Å². The minimum atomic E-state index is -0.201. The Hall–Kier alpha value is -0.520. The molecule has 1 saturated carbocycles. The van der Waals surface area contributed by atoms with Crippen molar-refractivity contribution in [2.24, 2.45) is 5.92 Å². The van der Waals surface area contributed by atoms with E-state index in [0.717, 1.165) is 19.4 Å². The summed E-state index contributed by atoms with van der Waals surface area (Å²) in [4.78, 5) is 0. The van der Waals surface area contributed by atoms with Crippen LogP contribution in [-0.4, -0.2) is 24.9 Å². The van der Waals surface area contributed by atoms with E-state index in [-0.39, 0.29) is 11.7 Å². The Morgan fingerprint density at radius 2 is 1.72 bits per heavy atom. The van der Waals surface area contributed by atoms with Gasteiger partial charge in [-0.2, -0.15) is 0 Å². The van der Waals surface area contributed by atoms with Crippen molar-refractivity contribution in [3.05, 3.63) is 0 Å². The Kier molecular flexibility index (Phi) is 6.75. The Bertz CT molecular complexity index is 279. The van der Waals surface area contributed by atoms with Crippen molar-refractivity contribution in [1.82, 2.24) is 0 Å². The van der Waals surface area contributed by atoms with Gasteiger partial charge in [0.2, 0.25) is 0 Å². The lowest BCUT2D eigenvalue weighted by Crippen LogP contribution is -2.38. The lowest BCUT2D eigenvalue weighted by molar-refractivity contribution is -0.0983. The van der Waals surface area contributed by atoms with E-state index in [4.69, 9.17) is 9.47 Å². The van der Waals surface area contributed by atoms with Crippen LogP contribution in [0.4, 0.5) is 0 Å². The number of hydrogen-bond acceptors (Lipinski definition) is 2. The maximum absolute atomic E-state index is 6.20. The standard InChI is InChI=1S/C16H28O2/c1-5-9-16(10-7-6-8-11-16)18-15(4)13-17-12-14(2)3/h14-15H,6-8,10-13H2,1-4H3. The molecule has 0 spiro atoms. The van der Waals surface area contributed by atoms with Gasteiger partial charge in [-0.1, -0.05) is 26.2 Å². The minimum absolute atomic E-state index is 0.127. The van der Waals surface area contributed by atoms with Gasteiger partial charge in [0.15, 0.2) is 0 Å². The summed E-state index contributed by atoms with van der Waals surface area (Å²) < 4.78 is 11.9. The van der Waals surface area contributed by atoms with Crippen LogP contribution in [0.5, 0.6) is 0 Å². The molecule has 0 aliphatic heterocycles. The van der Waals surface area contributed by atoms with E-state index >= 15 is 0 Å². The highest BCUT2D eigenvalue weighted by molar-refractivity contribution is 5.14. The molecule has 0 aromatic heterocycles. The zero-order chi connectivity index (χ0) is 13.4. The van der Waals surface area contributed by atoms with Gasteiger partial charge in [0.1, 0.15) is 5.60 Å². The smallest absolute Gasteiger partial charge is 0.129 e. The molecule has 0 saturated heterocycles. The molecule has 0 bridgehead atoms. The fourth-order valence-electron chi connectivity index (χ4n) is 2.51. The average molecular weight is 252 g/mol. The van der Waals surface area contributed by atoms with Crippen molar-refractivity contribution in [2.45, 2.75) is 71.5 Å². The topological polar surface area (TPSA) is 18.5 Å². The normalized spacial score (nSPS) is 20.3. The van der Waals surface area contributed by atoms with Crippen LogP contribution in [0.1, 0.15) is 59.8 Å². The van der Waals surface area contributed by atoms with Gasteiger partial charge in [-0.15, -0.1) is 5.92 Å². The highest BCUT2D eigenvalue weighted by Gasteiger charge is 2.32. The summed E-state index contributed by atoms with van der Waals surface area (Å²) in [6, 6.07) is 0. The van der Waals surface area contributed by atoms with Crippen molar-refractivity contribution in [1.29, 1.82) is 0 Å². The lowest BCUT2D eigenvalue weighted by atomic mass is 9.85. The molecule has 0 radical (unpaired) electrons. The summed E-state index contributed by atoms with van der Waals surface area (Å²) in [5.41, 5.74) is -0.201. The molecule has 2 heteroatoms. The van der Waals surface area contributed by atoms with Crippen LogP contribution in [0, 0.1) is 17.8 Å². The monoisotopic (exact) mass is 252 g/mol. The van der Waals surface area contributed by atoms with Gasteiger partial charge in [-0.05, 0) is 45.4 Å². The molecule has 0 amide bonds. The predicted molar refractivity (Wildman–Crippen MR) is 75.5 cm³/mol. The zero-order valence-electron chi connectivity index (χ0n) is 12.4. The van der Waals surface area contributed by atoms with Gasteiger partial charge in [-0.3, -0.25) is 0 Å². The Morgan fingerprint density at radius 1 is 1.06 bits per heavy atom. The first-order valence-electron chi connectivity index (χ1n) is 7.27. The summed E-state index contributed by atoms with van der Waals surface area (Å²) in [6.45, 7) is 9.80. The molecule has 18 heavy (non-hydrogen) atoms. The molecule has 0 heterocycles. The van der Waals surface area contributed by atoms with Crippen molar-refractivity contribution < 1.29 is 9.47 Å². The molecule has 0 aromatic rings. The summed E-state index contributed by atoms with van der Waals surface area (Å²) >= 11 is 0. The van der Waals surface area contributed by atoms with E-state index in [1.54, 1.807) is 0 Å². The first-order chi connectivity index (χ1) is 8.58. The van der Waals surface area contributed by atoms with E-state index in [0.29, 0.717) is 12.5 Å². The predicted octanol–water partition coefficient (Wildman–Crippen LogP) is 3.79. The fourth-order valence-corrected chi connectivity index (χ4v) is 2.51. The number of rotatable bonds is 6. The van der Waals surface area contributed by atoms with E-state index in [2.05, 4.69) is 32.6 Å². The van der Waals surface area contributed by atoms with Crippen molar-refractivity contribution in [2.75, 3.05) is 13.2 Å². The highest BCUT2D eigenvalue weighted by Crippen LogP contribution is 2.32. The second kappa shape index (κ2) is 7.81. The van der Waals surface area contributed by atoms with E-state index in [1.807, 2.05) is 6.92 Å². The molecule has 1 rings (SSSR count). The van der Waals surface area contributed by atoms with E-state index in [1.165, 1.54) is 19.3 Å². The van der Waals surface area contributed by atoms with E-state index < -0.39 is 0 Å². The van der Waals surface area contributed by atoms with Crippen molar-refractivity contribution >= 4 is 0 Å². The van der Waals surface area contributed by atoms with Gasteiger partial charge in [-0.25, -0.2) is 0 Å². The second-order valence-electron chi connectivity index (χ2n) is 5.79. The molecule has 1 atom stereocenters. The van der Waals surface area contributed by atoms with E-state index in [9.17, 15) is 0 Å². The zero-order valence-corrected chi connectivity index (χ0v) is 12.4. The van der Waals surface area contributed by atoms with Gasteiger partial charge >= 0.3 is 0 Å². The summed E-state index contributed by atoms with van der Waals surface area (Å²) in [5.74, 6) is 6.92. The summed E-state index contributed by atoms with van der Waals surface area (Å²) in [5, 5.41) is 0. The van der Waals surface area contributed by atoms with Gasteiger partial charge in [0.05, 0.1) is 12.7 Å². The van der Waals surface area contributed by atoms with Crippen LogP contribution in [0.15, 0.2) is 0 Å². The third-order valence-electron chi connectivity index (χ3n) is 3.24. The third-order valence-corrected chi connectivity index (χ3v) is 3.24. The molecule has 0 aromatic carbocycles. The maximum atomic E-state index is 6.20. The van der Waals surface area contributed by atoms with Gasteiger partial charge in [0.25, 0.3) is 0 Å². The quantitative estimate of drug-likeness (QED) is 0.670. The largest absolute Gasteiger partial charge is 0.379 e. The van der Waals surface area contributed by atoms with Crippen LogP contribution in [0.25, 0.3) is 0 Å². The highest BCUT2D eigenvalue weighted by atomic mass is 16.5. The molecular formula is C16H28O2. The molecule has 2 nitrogen and oxygen atoms in total. The Balaban J connectivity index is 2.42. The first-order valence-corrected chi connectivity index (χ1v) is 7.27. The molecular weight excluding hydrogens is 224 g/mol. The molecule has 1 aliphatic rings. The molecule has 104 valence electrons. The summed E-state index contributed by atoms with van der Waals surface area (Å²) in [7, 11) is 0. The number of hydrogen-bond donors (Lipinski definition) is 0. The minimum Gasteiger partial charge on any atom is -0.379 e. The van der Waals surface area contributed by atoms with Crippen LogP contribution in [-0.2, 0) is 9.47 Å². The first kappa shape index (κ1) is 15.5. The van der Waals surface area contributed by atoms with Crippen LogP contribution >= 0.6 is 0 Å². The van der Waals surface area contributed by atoms with Crippen LogP contribution < -0.4 is 0 Å². The molecule has 1 aliphatic carbocycles. The maximum Gasteiger partial charge on any atom is 0.129 e. The summed E-state index contributed by atoms with van der Waals surface area (Å²) in [6.07, 6.45) is 6.05. The molecule has 1 fully saturated rings. The molecule has 0 N–H and O–H groups in total. The van der Waals surface area contributed by atoms with Gasteiger partial charge in [0, 0.05) is 6.61 Å². The Labute approximate surface area is 112 Å². The van der Waals surface area contributed by atoms with Gasteiger partial charge < -0.3 is 9.47 Å². The van der Waals surface area contributed by atoms with Crippen LogP contribution in [0.2, 0.25) is 0 Å². The average Bonchev–Trinajstić information content (AvgIpc) is 2.29. The Morgan fingerprint density at radius 3 is 2.28 bits per heavy atom. The molecule has 1 unspecified atom stereocenters. The van der Waals surface area contributed by atoms with Crippen molar-refractivity contribution in [3.63, 3.8) is 0 Å². The second-order valence-corrected chi connectivity index (χ2v) is 5.79. The fraction of sp³-hybridized carbons (Fsp3) is 0.875. The lowest BCUT2D eigenvalue weighted by Gasteiger charge is -2.35. The van der Waals surface area contributed by atoms with Crippen molar-refractivity contribution in [3.8, 4) is 11.8 Å². The third kappa shape index (κ3) is 5.42.